The third-order valence-corrected chi connectivity index (χ3v) is 9.35. The summed E-state index contributed by atoms with van der Waals surface area (Å²) in [5.74, 6) is -0.461. The van der Waals surface area contributed by atoms with E-state index in [1.165, 1.54) is 0 Å². The lowest BCUT2D eigenvalue weighted by Gasteiger charge is -2.32. The second kappa shape index (κ2) is 8.94. The maximum absolute atomic E-state index is 13.7. The Kier molecular flexibility index (Phi) is 5.87. The third kappa shape index (κ3) is 4.03. The summed E-state index contributed by atoms with van der Waals surface area (Å²) in [4.78, 5) is 35.7. The topological polar surface area (TPSA) is 90.9 Å². The van der Waals surface area contributed by atoms with E-state index in [9.17, 15) is 31.2 Å². The minimum atomic E-state index is -5.55. The van der Waals surface area contributed by atoms with Gasteiger partial charge in [-0.05, 0) is 62.4 Å². The molecule has 39 heavy (non-hydrogen) atoms. The lowest BCUT2D eigenvalue weighted by atomic mass is 10.0. The van der Waals surface area contributed by atoms with Crippen molar-refractivity contribution in [3.8, 4) is 0 Å². The van der Waals surface area contributed by atoms with Crippen LogP contribution in [0.15, 0.2) is 59.6 Å². The lowest BCUT2D eigenvalue weighted by molar-refractivity contribution is -0.120. The summed E-state index contributed by atoms with van der Waals surface area (Å²) in [7, 11) is -5.55. The summed E-state index contributed by atoms with van der Waals surface area (Å²) in [5.41, 5.74) is -3.88. The molecule has 0 atom stereocenters. The summed E-state index contributed by atoms with van der Waals surface area (Å²) >= 11 is 0. The minimum absolute atomic E-state index is 0.0238. The standard InChI is InChI=1S/C27H25F3N4O4S/c28-27(29,30)39(37,38)19-10-8-18(9-11-19)34-24(35)26(12-13-26)33(25(34)36)17-21-20-6-2-3-7-22(20)31-16-23(21)32-14-4-1-5-15-32/h2-3,6-11,16H,1,4-5,12-15,17H2. The van der Waals surface area contributed by atoms with Crippen molar-refractivity contribution in [3.05, 3.63) is 60.3 Å². The molecule has 12 heteroatoms. The zero-order chi connectivity index (χ0) is 27.6. The zero-order valence-corrected chi connectivity index (χ0v) is 21.6. The molecular weight excluding hydrogens is 533 g/mol. The molecule has 0 N–H and O–H groups in total. The van der Waals surface area contributed by atoms with Crippen LogP contribution in [0.4, 0.5) is 29.3 Å². The van der Waals surface area contributed by atoms with Crippen LogP contribution in [0.3, 0.4) is 0 Å². The number of fused-ring (bicyclic) bond motifs is 1. The molecule has 6 rings (SSSR count). The highest BCUT2D eigenvalue weighted by atomic mass is 32.2. The van der Waals surface area contributed by atoms with Gasteiger partial charge in [0.1, 0.15) is 5.54 Å². The molecule has 2 aromatic carbocycles. The Balaban J connectivity index is 1.37. The van der Waals surface area contributed by atoms with E-state index < -0.39 is 37.7 Å². The van der Waals surface area contributed by atoms with Gasteiger partial charge in [0.25, 0.3) is 15.7 Å². The molecule has 2 aliphatic heterocycles. The van der Waals surface area contributed by atoms with Crippen LogP contribution >= 0.6 is 0 Å². The van der Waals surface area contributed by atoms with Gasteiger partial charge in [-0.2, -0.15) is 13.2 Å². The average molecular weight is 559 g/mol. The number of carbonyl (C=O) groups is 2. The van der Waals surface area contributed by atoms with Gasteiger partial charge in [0.2, 0.25) is 0 Å². The first kappa shape index (κ1) is 25.6. The predicted octanol–water partition coefficient (Wildman–Crippen LogP) is 5.02. The highest BCUT2D eigenvalue weighted by molar-refractivity contribution is 7.92. The highest BCUT2D eigenvalue weighted by Gasteiger charge is 2.65. The second-order valence-corrected chi connectivity index (χ2v) is 12.1. The minimum Gasteiger partial charge on any atom is -0.370 e. The summed E-state index contributed by atoms with van der Waals surface area (Å²) in [6.45, 7) is 1.89. The molecule has 3 heterocycles. The molecule has 1 aliphatic carbocycles. The van der Waals surface area contributed by atoms with Gasteiger partial charge in [0, 0.05) is 24.0 Å². The fourth-order valence-electron chi connectivity index (χ4n) is 5.59. The van der Waals surface area contributed by atoms with Crippen molar-refractivity contribution in [2.45, 2.75) is 54.6 Å². The summed E-state index contributed by atoms with van der Waals surface area (Å²) in [5, 5.41) is 0.886. The number of urea groups is 1. The van der Waals surface area contributed by atoms with Crippen molar-refractivity contribution >= 4 is 44.1 Å². The van der Waals surface area contributed by atoms with E-state index >= 15 is 0 Å². The number of anilines is 2. The van der Waals surface area contributed by atoms with Crippen molar-refractivity contribution in [2.24, 2.45) is 0 Å². The van der Waals surface area contributed by atoms with E-state index in [1.807, 2.05) is 30.5 Å². The smallest absolute Gasteiger partial charge is 0.370 e. The molecular formula is C27H25F3N4O4S. The molecule has 8 nitrogen and oxygen atoms in total. The predicted molar refractivity (Wildman–Crippen MR) is 138 cm³/mol. The van der Waals surface area contributed by atoms with Crippen LogP contribution in [0, 0.1) is 0 Å². The van der Waals surface area contributed by atoms with Crippen LogP contribution in [-0.4, -0.2) is 54.4 Å². The first-order valence-corrected chi connectivity index (χ1v) is 14.2. The first-order valence-electron chi connectivity index (χ1n) is 12.7. The molecule has 0 radical (unpaired) electrons. The van der Waals surface area contributed by atoms with Crippen LogP contribution in [0.2, 0.25) is 0 Å². The van der Waals surface area contributed by atoms with Gasteiger partial charge >= 0.3 is 11.5 Å². The molecule has 1 aromatic heterocycles. The number of carbonyl (C=O) groups excluding carboxylic acids is 2. The fourth-order valence-corrected chi connectivity index (χ4v) is 6.35. The van der Waals surface area contributed by atoms with Crippen molar-refractivity contribution in [1.29, 1.82) is 0 Å². The number of piperidine rings is 1. The average Bonchev–Trinajstić information content (AvgIpc) is 3.70. The highest BCUT2D eigenvalue weighted by Crippen LogP contribution is 2.50. The van der Waals surface area contributed by atoms with Gasteiger partial charge in [-0.15, -0.1) is 0 Å². The number of pyridine rings is 1. The van der Waals surface area contributed by atoms with Gasteiger partial charge in [-0.25, -0.2) is 18.1 Å². The van der Waals surface area contributed by atoms with Gasteiger partial charge in [0.05, 0.1) is 34.5 Å². The molecule has 0 unspecified atom stereocenters. The third-order valence-electron chi connectivity index (χ3n) is 7.85. The SMILES string of the molecule is O=C1N(c2ccc(S(=O)(=O)C(F)(F)F)cc2)C(=O)C2(CC2)N1Cc1c(N2CCCCC2)cnc2ccccc12. The number of aromatic nitrogens is 1. The van der Waals surface area contributed by atoms with E-state index in [2.05, 4.69) is 9.88 Å². The van der Waals surface area contributed by atoms with Gasteiger partial charge in [-0.1, -0.05) is 18.2 Å². The van der Waals surface area contributed by atoms with Crippen molar-refractivity contribution in [3.63, 3.8) is 0 Å². The van der Waals surface area contributed by atoms with Crippen molar-refractivity contribution in [1.82, 2.24) is 9.88 Å². The summed E-state index contributed by atoms with van der Waals surface area (Å²) in [6.07, 6.45) is 6.00. The Hall–Kier alpha value is -3.67. The van der Waals surface area contributed by atoms with Gasteiger partial charge < -0.3 is 9.80 Å². The van der Waals surface area contributed by atoms with E-state index in [4.69, 9.17) is 0 Å². The van der Waals surface area contributed by atoms with E-state index in [-0.39, 0.29) is 12.2 Å². The fraction of sp³-hybridized carbons (Fsp3) is 0.370. The Morgan fingerprint density at radius 1 is 0.923 bits per heavy atom. The molecule has 3 amide bonds. The van der Waals surface area contributed by atoms with E-state index in [0.717, 1.165) is 83.7 Å². The molecule has 0 bridgehead atoms. The maximum atomic E-state index is 13.7. The monoisotopic (exact) mass is 558 g/mol. The van der Waals surface area contributed by atoms with E-state index in [1.54, 1.807) is 4.90 Å². The lowest BCUT2D eigenvalue weighted by Crippen LogP contribution is -2.38. The molecule has 3 aromatic rings. The van der Waals surface area contributed by atoms with E-state index in [0.29, 0.717) is 12.8 Å². The van der Waals surface area contributed by atoms with Crippen LogP contribution < -0.4 is 9.80 Å². The van der Waals surface area contributed by atoms with Crippen LogP contribution in [-0.2, 0) is 21.2 Å². The molecule has 1 spiro atoms. The Morgan fingerprint density at radius 3 is 2.23 bits per heavy atom. The van der Waals surface area contributed by atoms with Crippen LogP contribution in [0.25, 0.3) is 10.9 Å². The number of imide groups is 1. The number of sulfone groups is 1. The number of nitrogens with zero attached hydrogens (tertiary/aromatic N) is 4. The normalized spacial score (nSPS) is 19.4. The number of alkyl halides is 3. The van der Waals surface area contributed by atoms with Crippen LogP contribution in [0.5, 0.6) is 0 Å². The summed E-state index contributed by atoms with van der Waals surface area (Å²) < 4.78 is 62.4. The summed E-state index contributed by atoms with van der Waals surface area (Å²) in [6, 6.07) is 10.7. The molecule has 204 valence electrons. The molecule has 3 aliphatic rings. The largest absolute Gasteiger partial charge is 0.501 e. The van der Waals surface area contributed by atoms with Crippen molar-refractivity contribution in [2.75, 3.05) is 22.9 Å². The molecule has 3 fully saturated rings. The Morgan fingerprint density at radius 2 is 1.59 bits per heavy atom. The number of hydrogen-bond acceptors (Lipinski definition) is 6. The molecule has 2 saturated heterocycles. The number of hydrogen-bond donors (Lipinski definition) is 0. The van der Waals surface area contributed by atoms with Crippen LogP contribution in [0.1, 0.15) is 37.7 Å². The van der Waals surface area contributed by atoms with Crippen molar-refractivity contribution < 1.29 is 31.2 Å². The number of rotatable bonds is 5. The second-order valence-electron chi connectivity index (χ2n) is 10.2. The Bertz CT molecular complexity index is 1580. The molecule has 1 saturated carbocycles. The zero-order valence-electron chi connectivity index (χ0n) is 20.8. The van der Waals surface area contributed by atoms with Gasteiger partial charge in [-0.3, -0.25) is 9.78 Å². The van der Waals surface area contributed by atoms with Gasteiger partial charge in [0.15, 0.2) is 0 Å². The number of halogens is 3. The number of benzene rings is 2. The first-order chi connectivity index (χ1) is 18.5. The number of para-hydroxylation sites is 1. The number of amides is 3. The quantitative estimate of drug-likeness (QED) is 0.409. The maximum Gasteiger partial charge on any atom is 0.501 e. The Labute approximate surface area is 222 Å².